The summed E-state index contributed by atoms with van der Waals surface area (Å²) in [5.41, 5.74) is 2.78. The van der Waals surface area contributed by atoms with E-state index in [1.165, 1.54) is 29.2 Å². The molecule has 1 N–H and O–H groups in total. The number of rotatable bonds is 5. The molecule has 1 unspecified atom stereocenters. The van der Waals surface area contributed by atoms with Crippen molar-refractivity contribution in [2.75, 3.05) is 24.5 Å². The molecule has 0 saturated carbocycles. The number of anilines is 1. The second-order valence-corrected chi connectivity index (χ2v) is 6.42. The molecule has 0 amide bonds. The van der Waals surface area contributed by atoms with Crippen LogP contribution in [0.4, 0.5) is 5.69 Å². The summed E-state index contributed by atoms with van der Waals surface area (Å²) >= 11 is 1.72. The molecular formula is C16H21N3S. The maximum absolute atomic E-state index is 4.30. The molecule has 20 heavy (non-hydrogen) atoms. The number of thiazole rings is 1. The van der Waals surface area contributed by atoms with Gasteiger partial charge in [0.1, 0.15) is 5.01 Å². The Bertz CT molecular complexity index is 538. The molecule has 0 aliphatic carbocycles. The van der Waals surface area contributed by atoms with Crippen molar-refractivity contribution in [2.45, 2.75) is 19.9 Å². The zero-order chi connectivity index (χ0) is 13.8. The molecule has 1 fully saturated rings. The molecule has 1 atom stereocenters. The van der Waals surface area contributed by atoms with E-state index in [9.17, 15) is 0 Å². The van der Waals surface area contributed by atoms with Gasteiger partial charge in [-0.25, -0.2) is 4.98 Å². The largest absolute Gasteiger partial charge is 0.371 e. The summed E-state index contributed by atoms with van der Waals surface area (Å²) in [5, 5.41) is 6.75. The molecule has 4 heteroatoms. The Kier molecular flexibility index (Phi) is 4.33. The number of nitrogens with one attached hydrogen (secondary N) is 1. The van der Waals surface area contributed by atoms with Crippen LogP contribution in [0.25, 0.3) is 0 Å². The van der Waals surface area contributed by atoms with Crippen LogP contribution in [-0.2, 0) is 6.54 Å². The van der Waals surface area contributed by atoms with Gasteiger partial charge >= 0.3 is 0 Å². The fourth-order valence-corrected chi connectivity index (χ4v) is 3.45. The first-order chi connectivity index (χ1) is 9.83. The summed E-state index contributed by atoms with van der Waals surface area (Å²) in [6, 6.07) is 8.68. The van der Waals surface area contributed by atoms with Crippen LogP contribution in [0.3, 0.4) is 0 Å². The number of aromatic nitrogens is 1. The Labute approximate surface area is 124 Å². The maximum Gasteiger partial charge on any atom is 0.106 e. The van der Waals surface area contributed by atoms with Crippen LogP contribution < -0.4 is 10.2 Å². The lowest BCUT2D eigenvalue weighted by molar-refractivity contribution is 0.516. The van der Waals surface area contributed by atoms with E-state index in [1.54, 1.807) is 11.3 Å². The molecule has 0 bridgehead atoms. The van der Waals surface area contributed by atoms with E-state index in [0.717, 1.165) is 25.6 Å². The molecule has 3 rings (SSSR count). The van der Waals surface area contributed by atoms with Gasteiger partial charge in [0.05, 0.1) is 0 Å². The molecule has 1 aromatic heterocycles. The lowest BCUT2D eigenvalue weighted by Gasteiger charge is -2.21. The lowest BCUT2D eigenvalue weighted by atomic mass is 10.1. The van der Waals surface area contributed by atoms with Crippen molar-refractivity contribution in [3.05, 3.63) is 46.4 Å². The predicted octanol–water partition coefficient (Wildman–Crippen LogP) is 3.07. The third-order valence-corrected chi connectivity index (χ3v) is 4.71. The van der Waals surface area contributed by atoms with Crippen LogP contribution in [0.15, 0.2) is 35.8 Å². The minimum absolute atomic E-state index is 0.745. The van der Waals surface area contributed by atoms with E-state index in [-0.39, 0.29) is 0 Å². The van der Waals surface area contributed by atoms with Crippen molar-refractivity contribution in [3.63, 3.8) is 0 Å². The Morgan fingerprint density at radius 2 is 2.30 bits per heavy atom. The van der Waals surface area contributed by atoms with Crippen LogP contribution in [0.1, 0.15) is 17.0 Å². The van der Waals surface area contributed by atoms with Crippen molar-refractivity contribution in [1.82, 2.24) is 10.3 Å². The van der Waals surface area contributed by atoms with E-state index >= 15 is 0 Å². The van der Waals surface area contributed by atoms with E-state index in [1.807, 2.05) is 11.6 Å². The second-order valence-electron chi connectivity index (χ2n) is 5.44. The summed E-state index contributed by atoms with van der Waals surface area (Å²) in [7, 11) is 0. The van der Waals surface area contributed by atoms with E-state index in [4.69, 9.17) is 0 Å². The standard InChI is InChI=1S/C16H21N3S/c1-13-4-2-3-5-15(13)19-8-6-14(12-19)10-17-11-16-18-7-9-20-16/h2-5,7,9,14,17H,6,8,10-12H2,1H3. The molecule has 3 nitrogen and oxygen atoms in total. The minimum atomic E-state index is 0.745. The number of benzene rings is 1. The lowest BCUT2D eigenvalue weighted by Crippen LogP contribution is -2.26. The molecule has 106 valence electrons. The zero-order valence-electron chi connectivity index (χ0n) is 11.9. The van der Waals surface area contributed by atoms with Gasteiger partial charge in [0, 0.05) is 43.4 Å². The number of aryl methyl sites for hydroxylation is 1. The van der Waals surface area contributed by atoms with Gasteiger partial charge in [-0.15, -0.1) is 11.3 Å². The molecule has 1 saturated heterocycles. The third kappa shape index (κ3) is 3.19. The zero-order valence-corrected chi connectivity index (χ0v) is 12.7. The van der Waals surface area contributed by atoms with Gasteiger partial charge in [0.25, 0.3) is 0 Å². The van der Waals surface area contributed by atoms with Crippen molar-refractivity contribution in [3.8, 4) is 0 Å². The molecule has 1 aromatic carbocycles. The highest BCUT2D eigenvalue weighted by atomic mass is 32.1. The highest BCUT2D eigenvalue weighted by molar-refractivity contribution is 7.09. The van der Waals surface area contributed by atoms with Gasteiger partial charge in [-0.2, -0.15) is 0 Å². The first kappa shape index (κ1) is 13.6. The molecule has 0 spiro atoms. The van der Waals surface area contributed by atoms with Crippen LogP contribution in [0, 0.1) is 12.8 Å². The summed E-state index contributed by atoms with van der Waals surface area (Å²) in [6.07, 6.45) is 3.15. The molecule has 1 aliphatic heterocycles. The number of hydrogen-bond donors (Lipinski definition) is 1. The van der Waals surface area contributed by atoms with Gasteiger partial charge in [-0.3, -0.25) is 0 Å². The monoisotopic (exact) mass is 287 g/mol. The Hall–Kier alpha value is -1.39. The molecule has 1 aliphatic rings. The van der Waals surface area contributed by atoms with Gasteiger partial charge in [-0.05, 0) is 30.9 Å². The predicted molar refractivity (Wildman–Crippen MR) is 85.3 cm³/mol. The average molecular weight is 287 g/mol. The Balaban J connectivity index is 1.49. The summed E-state index contributed by atoms with van der Waals surface area (Å²) in [5.74, 6) is 0.745. The highest BCUT2D eigenvalue weighted by Gasteiger charge is 2.23. The topological polar surface area (TPSA) is 28.2 Å². The average Bonchev–Trinajstić information content (AvgIpc) is 3.11. The van der Waals surface area contributed by atoms with Gasteiger partial charge < -0.3 is 10.2 Å². The van der Waals surface area contributed by atoms with Gasteiger partial charge in [0.2, 0.25) is 0 Å². The number of hydrogen-bond acceptors (Lipinski definition) is 4. The third-order valence-electron chi connectivity index (χ3n) is 3.93. The summed E-state index contributed by atoms with van der Waals surface area (Å²) in [4.78, 5) is 6.82. The van der Waals surface area contributed by atoms with Crippen molar-refractivity contribution >= 4 is 17.0 Å². The Morgan fingerprint density at radius 3 is 3.10 bits per heavy atom. The van der Waals surface area contributed by atoms with Gasteiger partial charge in [-0.1, -0.05) is 18.2 Å². The fourth-order valence-electron chi connectivity index (χ4n) is 2.86. The fraction of sp³-hybridized carbons (Fsp3) is 0.438. The number of para-hydroxylation sites is 1. The van der Waals surface area contributed by atoms with E-state index in [0.29, 0.717) is 0 Å². The van der Waals surface area contributed by atoms with Crippen molar-refractivity contribution < 1.29 is 0 Å². The van der Waals surface area contributed by atoms with Crippen LogP contribution in [0.2, 0.25) is 0 Å². The van der Waals surface area contributed by atoms with Gasteiger partial charge in [0.15, 0.2) is 0 Å². The SMILES string of the molecule is Cc1ccccc1N1CCC(CNCc2nccs2)C1. The van der Waals surface area contributed by atoms with E-state index < -0.39 is 0 Å². The molecule has 2 heterocycles. The molecular weight excluding hydrogens is 266 g/mol. The smallest absolute Gasteiger partial charge is 0.106 e. The maximum atomic E-state index is 4.30. The van der Waals surface area contributed by atoms with Crippen molar-refractivity contribution in [2.24, 2.45) is 5.92 Å². The van der Waals surface area contributed by atoms with Crippen LogP contribution >= 0.6 is 11.3 Å². The number of nitrogens with zero attached hydrogens (tertiary/aromatic N) is 2. The van der Waals surface area contributed by atoms with Crippen LogP contribution in [0.5, 0.6) is 0 Å². The van der Waals surface area contributed by atoms with Crippen molar-refractivity contribution in [1.29, 1.82) is 0 Å². The molecule has 0 radical (unpaired) electrons. The first-order valence-electron chi connectivity index (χ1n) is 7.22. The summed E-state index contributed by atoms with van der Waals surface area (Å²) in [6.45, 7) is 6.52. The van der Waals surface area contributed by atoms with E-state index in [2.05, 4.69) is 46.4 Å². The Morgan fingerprint density at radius 1 is 1.40 bits per heavy atom. The summed E-state index contributed by atoms with van der Waals surface area (Å²) < 4.78 is 0. The molecule has 2 aromatic rings. The normalized spacial score (nSPS) is 18.6. The minimum Gasteiger partial charge on any atom is -0.371 e. The highest BCUT2D eigenvalue weighted by Crippen LogP contribution is 2.26. The quantitative estimate of drug-likeness (QED) is 0.916. The first-order valence-corrected chi connectivity index (χ1v) is 8.10. The van der Waals surface area contributed by atoms with Crippen LogP contribution in [-0.4, -0.2) is 24.6 Å². The second kappa shape index (κ2) is 6.37.